The SMILES string of the molecule is Cc1ccc(C)c(-n2nnnc2SCc2cccc(C#N)c2)c1. The number of nitrogens with zero attached hydrogens (tertiary/aromatic N) is 5. The molecule has 0 aliphatic heterocycles. The minimum absolute atomic E-state index is 0.664. The van der Waals surface area contributed by atoms with E-state index in [2.05, 4.69) is 39.8 Å². The van der Waals surface area contributed by atoms with Crippen molar-refractivity contribution in [2.24, 2.45) is 0 Å². The van der Waals surface area contributed by atoms with Crippen molar-refractivity contribution in [1.82, 2.24) is 20.2 Å². The molecule has 2 aromatic carbocycles. The van der Waals surface area contributed by atoms with Crippen molar-refractivity contribution >= 4 is 11.8 Å². The van der Waals surface area contributed by atoms with Crippen LogP contribution >= 0.6 is 11.8 Å². The molecule has 0 N–H and O–H groups in total. The maximum atomic E-state index is 8.97. The standard InChI is InChI=1S/C17H15N5S/c1-12-6-7-13(2)16(8-12)22-17(19-20-21-22)23-11-15-5-3-4-14(9-15)10-18/h3-9H,11H2,1-2H3. The van der Waals surface area contributed by atoms with Crippen LogP contribution in [0.5, 0.6) is 0 Å². The van der Waals surface area contributed by atoms with Gasteiger partial charge in [-0.25, -0.2) is 0 Å². The smallest absolute Gasteiger partial charge is 0.192 e. The van der Waals surface area contributed by atoms with Crippen molar-refractivity contribution in [3.63, 3.8) is 0 Å². The van der Waals surface area contributed by atoms with E-state index in [0.717, 1.165) is 22.0 Å². The summed E-state index contributed by atoms with van der Waals surface area (Å²) in [4.78, 5) is 0. The molecular formula is C17H15N5S. The molecule has 3 aromatic rings. The van der Waals surface area contributed by atoms with E-state index < -0.39 is 0 Å². The molecule has 5 nitrogen and oxygen atoms in total. The van der Waals surface area contributed by atoms with Gasteiger partial charge in [-0.2, -0.15) is 9.94 Å². The molecule has 0 aliphatic carbocycles. The Morgan fingerprint density at radius 2 is 2.04 bits per heavy atom. The van der Waals surface area contributed by atoms with Crippen molar-refractivity contribution in [2.75, 3.05) is 0 Å². The first-order chi connectivity index (χ1) is 11.2. The van der Waals surface area contributed by atoms with E-state index in [9.17, 15) is 0 Å². The quantitative estimate of drug-likeness (QED) is 0.689. The molecule has 114 valence electrons. The molecule has 0 saturated carbocycles. The zero-order valence-electron chi connectivity index (χ0n) is 12.9. The summed E-state index contributed by atoms with van der Waals surface area (Å²) in [6, 6.07) is 16.0. The molecular weight excluding hydrogens is 306 g/mol. The zero-order valence-corrected chi connectivity index (χ0v) is 13.7. The van der Waals surface area contributed by atoms with E-state index >= 15 is 0 Å². The molecule has 0 atom stereocenters. The van der Waals surface area contributed by atoms with Crippen LogP contribution in [0.15, 0.2) is 47.6 Å². The van der Waals surface area contributed by atoms with E-state index in [1.807, 2.05) is 32.0 Å². The number of hydrogen-bond donors (Lipinski definition) is 0. The van der Waals surface area contributed by atoms with Crippen LogP contribution in [0, 0.1) is 25.2 Å². The van der Waals surface area contributed by atoms with Gasteiger partial charge in [0.15, 0.2) is 0 Å². The third-order valence-corrected chi connectivity index (χ3v) is 4.45. The summed E-state index contributed by atoms with van der Waals surface area (Å²) in [6.07, 6.45) is 0. The molecule has 0 saturated heterocycles. The van der Waals surface area contributed by atoms with Crippen LogP contribution in [-0.4, -0.2) is 20.2 Å². The van der Waals surface area contributed by atoms with E-state index in [4.69, 9.17) is 5.26 Å². The van der Waals surface area contributed by atoms with Crippen molar-refractivity contribution in [2.45, 2.75) is 24.8 Å². The van der Waals surface area contributed by atoms with Gasteiger partial charge < -0.3 is 0 Å². The first kappa shape index (κ1) is 15.3. The third kappa shape index (κ3) is 3.41. The molecule has 0 bridgehead atoms. The van der Waals surface area contributed by atoms with Gasteiger partial charge in [0.25, 0.3) is 0 Å². The lowest BCUT2D eigenvalue weighted by atomic mass is 10.1. The molecule has 0 radical (unpaired) electrons. The Morgan fingerprint density at radius 3 is 2.87 bits per heavy atom. The van der Waals surface area contributed by atoms with Gasteiger partial charge in [0.2, 0.25) is 5.16 Å². The number of thioether (sulfide) groups is 1. The number of nitriles is 1. The van der Waals surface area contributed by atoms with Crippen LogP contribution in [0.25, 0.3) is 5.69 Å². The Hall–Kier alpha value is -2.65. The summed E-state index contributed by atoms with van der Waals surface area (Å²) in [7, 11) is 0. The Kier molecular flexibility index (Phi) is 4.40. The van der Waals surface area contributed by atoms with E-state index in [-0.39, 0.29) is 0 Å². The van der Waals surface area contributed by atoms with Crippen LogP contribution in [-0.2, 0) is 5.75 Å². The average molecular weight is 321 g/mol. The molecule has 0 spiro atoms. The summed E-state index contributed by atoms with van der Waals surface area (Å²) < 4.78 is 1.77. The number of rotatable bonds is 4. The predicted molar refractivity (Wildman–Crippen MR) is 89.3 cm³/mol. The first-order valence-corrected chi connectivity index (χ1v) is 8.14. The second-order valence-corrected chi connectivity index (χ2v) is 6.21. The molecule has 6 heteroatoms. The Labute approximate surface area is 139 Å². The molecule has 0 aliphatic rings. The fraction of sp³-hybridized carbons (Fsp3) is 0.176. The summed E-state index contributed by atoms with van der Waals surface area (Å²) in [5, 5.41) is 21.8. The number of aromatic nitrogens is 4. The number of hydrogen-bond acceptors (Lipinski definition) is 5. The molecule has 23 heavy (non-hydrogen) atoms. The lowest BCUT2D eigenvalue weighted by molar-refractivity contribution is 0.751. The van der Waals surface area contributed by atoms with Gasteiger partial charge in [0.05, 0.1) is 17.3 Å². The highest BCUT2D eigenvalue weighted by Crippen LogP contribution is 2.24. The van der Waals surface area contributed by atoms with Gasteiger partial charge in [-0.1, -0.05) is 36.0 Å². The van der Waals surface area contributed by atoms with Crippen LogP contribution in [0.4, 0.5) is 0 Å². The minimum Gasteiger partial charge on any atom is -0.192 e. The second kappa shape index (κ2) is 6.63. The molecule has 3 rings (SSSR count). The van der Waals surface area contributed by atoms with Gasteiger partial charge >= 0.3 is 0 Å². The largest absolute Gasteiger partial charge is 0.214 e. The predicted octanol–water partition coefficient (Wildman–Crippen LogP) is 3.44. The normalized spacial score (nSPS) is 10.5. The second-order valence-electron chi connectivity index (χ2n) is 5.26. The van der Waals surface area contributed by atoms with Gasteiger partial charge in [-0.3, -0.25) is 0 Å². The number of aryl methyl sites for hydroxylation is 2. The summed E-state index contributed by atoms with van der Waals surface area (Å²) in [6.45, 7) is 4.09. The fourth-order valence-corrected chi connectivity index (χ4v) is 3.07. The Bertz CT molecular complexity index is 879. The lowest BCUT2D eigenvalue weighted by Gasteiger charge is -2.08. The maximum absolute atomic E-state index is 8.97. The minimum atomic E-state index is 0.664. The van der Waals surface area contributed by atoms with Crippen LogP contribution < -0.4 is 0 Å². The maximum Gasteiger partial charge on any atom is 0.214 e. The van der Waals surface area contributed by atoms with Gasteiger partial charge in [0.1, 0.15) is 0 Å². The highest BCUT2D eigenvalue weighted by molar-refractivity contribution is 7.98. The third-order valence-electron chi connectivity index (χ3n) is 3.46. The van der Waals surface area contributed by atoms with E-state index in [1.165, 1.54) is 5.56 Å². The van der Waals surface area contributed by atoms with E-state index in [1.54, 1.807) is 22.5 Å². The van der Waals surface area contributed by atoms with Crippen LogP contribution in [0.1, 0.15) is 22.3 Å². The molecule has 0 amide bonds. The summed E-state index contributed by atoms with van der Waals surface area (Å²) in [5.41, 5.74) is 5.01. The Morgan fingerprint density at radius 1 is 1.17 bits per heavy atom. The fourth-order valence-electron chi connectivity index (χ4n) is 2.25. The van der Waals surface area contributed by atoms with Crippen molar-refractivity contribution < 1.29 is 0 Å². The van der Waals surface area contributed by atoms with Crippen molar-refractivity contribution in [1.29, 1.82) is 5.26 Å². The molecule has 0 unspecified atom stereocenters. The van der Waals surface area contributed by atoms with Gasteiger partial charge in [-0.05, 0) is 59.2 Å². The van der Waals surface area contributed by atoms with Crippen molar-refractivity contribution in [3.05, 3.63) is 64.7 Å². The molecule has 1 heterocycles. The summed E-state index contributed by atoms with van der Waals surface area (Å²) >= 11 is 1.55. The van der Waals surface area contributed by atoms with Crippen LogP contribution in [0.2, 0.25) is 0 Å². The van der Waals surface area contributed by atoms with Crippen molar-refractivity contribution in [3.8, 4) is 11.8 Å². The highest BCUT2D eigenvalue weighted by Gasteiger charge is 2.11. The lowest BCUT2D eigenvalue weighted by Crippen LogP contribution is -2.02. The first-order valence-electron chi connectivity index (χ1n) is 7.15. The monoisotopic (exact) mass is 321 g/mol. The molecule has 0 fully saturated rings. The average Bonchev–Trinajstić information content (AvgIpc) is 3.03. The zero-order chi connectivity index (χ0) is 16.2. The van der Waals surface area contributed by atoms with Crippen LogP contribution in [0.3, 0.4) is 0 Å². The Balaban J connectivity index is 1.84. The highest BCUT2D eigenvalue weighted by atomic mass is 32.2. The number of benzene rings is 2. The number of tetrazole rings is 1. The van der Waals surface area contributed by atoms with Gasteiger partial charge in [-0.15, -0.1) is 5.10 Å². The summed E-state index contributed by atoms with van der Waals surface area (Å²) in [5.74, 6) is 0.709. The molecule has 1 aromatic heterocycles. The van der Waals surface area contributed by atoms with Gasteiger partial charge in [0, 0.05) is 5.75 Å². The topological polar surface area (TPSA) is 67.4 Å². The van der Waals surface area contributed by atoms with E-state index in [0.29, 0.717) is 11.3 Å².